The van der Waals surface area contributed by atoms with Crippen molar-refractivity contribution in [2.45, 2.75) is 51.4 Å². The average Bonchev–Trinajstić information content (AvgIpc) is 3.40. The van der Waals surface area contributed by atoms with E-state index >= 15 is 0 Å². The summed E-state index contributed by atoms with van der Waals surface area (Å²) in [5.41, 5.74) is 1.31. The van der Waals surface area contributed by atoms with Gasteiger partial charge in [0.1, 0.15) is 0 Å². The molecule has 1 unspecified atom stereocenters. The highest BCUT2D eigenvalue weighted by Crippen LogP contribution is 2.27. The van der Waals surface area contributed by atoms with Gasteiger partial charge >= 0.3 is 0 Å². The Bertz CT molecular complexity index is 792. The molecule has 0 radical (unpaired) electrons. The van der Waals surface area contributed by atoms with E-state index in [9.17, 15) is 9.59 Å². The molecule has 150 valence electrons. The Kier molecular flexibility index (Phi) is 6.42. The van der Waals surface area contributed by atoms with E-state index in [1.807, 2.05) is 33.7 Å². The van der Waals surface area contributed by atoms with Crippen molar-refractivity contribution >= 4 is 34.5 Å². The topological polar surface area (TPSA) is 62.3 Å². The van der Waals surface area contributed by atoms with Crippen molar-refractivity contribution in [2.24, 2.45) is 5.92 Å². The SMILES string of the molecule is O=C(NCCCc1nc2c(s1)CCCC2)C1CCCN(C(=O)c2cccs2)C1. The van der Waals surface area contributed by atoms with Gasteiger partial charge in [0.15, 0.2) is 0 Å². The molecule has 1 atom stereocenters. The molecule has 0 bridgehead atoms. The minimum Gasteiger partial charge on any atom is -0.356 e. The minimum absolute atomic E-state index is 0.0558. The summed E-state index contributed by atoms with van der Waals surface area (Å²) in [5, 5.41) is 6.21. The number of rotatable bonds is 6. The number of likely N-dealkylation sites (tertiary alicyclic amines) is 1. The van der Waals surface area contributed by atoms with Crippen molar-refractivity contribution in [3.8, 4) is 0 Å². The Hall–Kier alpha value is -1.73. The van der Waals surface area contributed by atoms with Crippen LogP contribution in [-0.2, 0) is 24.1 Å². The first-order valence-electron chi connectivity index (χ1n) is 10.3. The van der Waals surface area contributed by atoms with Gasteiger partial charge in [-0.2, -0.15) is 0 Å². The summed E-state index contributed by atoms with van der Waals surface area (Å²) in [6.07, 6.45) is 8.47. The van der Waals surface area contributed by atoms with Crippen LogP contribution in [0.1, 0.15) is 57.4 Å². The van der Waals surface area contributed by atoms with Crippen molar-refractivity contribution in [1.82, 2.24) is 15.2 Å². The third-order valence-electron chi connectivity index (χ3n) is 5.57. The lowest BCUT2D eigenvalue weighted by molar-refractivity contribution is -0.126. The van der Waals surface area contributed by atoms with Crippen molar-refractivity contribution < 1.29 is 9.59 Å². The van der Waals surface area contributed by atoms with E-state index in [0.717, 1.165) is 43.5 Å². The maximum Gasteiger partial charge on any atom is 0.263 e. The number of nitrogens with zero attached hydrogens (tertiary/aromatic N) is 2. The molecule has 7 heteroatoms. The fourth-order valence-electron chi connectivity index (χ4n) is 4.04. The summed E-state index contributed by atoms with van der Waals surface area (Å²) in [7, 11) is 0. The Morgan fingerprint density at radius 3 is 2.96 bits per heavy atom. The quantitative estimate of drug-likeness (QED) is 0.729. The number of thiazole rings is 1. The van der Waals surface area contributed by atoms with Gasteiger partial charge in [-0.15, -0.1) is 22.7 Å². The molecule has 5 nitrogen and oxygen atoms in total. The molecule has 3 heterocycles. The Labute approximate surface area is 174 Å². The van der Waals surface area contributed by atoms with Crippen LogP contribution in [0.3, 0.4) is 0 Å². The molecule has 1 N–H and O–H groups in total. The van der Waals surface area contributed by atoms with Crippen LogP contribution in [0, 0.1) is 5.92 Å². The molecule has 1 aliphatic heterocycles. The van der Waals surface area contributed by atoms with Crippen LogP contribution >= 0.6 is 22.7 Å². The first-order valence-corrected chi connectivity index (χ1v) is 12.0. The summed E-state index contributed by atoms with van der Waals surface area (Å²) in [4.78, 5) is 33.9. The zero-order chi connectivity index (χ0) is 19.3. The van der Waals surface area contributed by atoms with E-state index in [2.05, 4.69) is 5.32 Å². The van der Waals surface area contributed by atoms with Crippen molar-refractivity contribution in [2.75, 3.05) is 19.6 Å². The number of carbonyl (C=O) groups excluding carboxylic acids is 2. The first-order chi connectivity index (χ1) is 13.7. The molecule has 0 spiro atoms. The van der Waals surface area contributed by atoms with Gasteiger partial charge in [0.2, 0.25) is 5.91 Å². The predicted octanol–water partition coefficient (Wildman–Crippen LogP) is 3.68. The van der Waals surface area contributed by atoms with E-state index in [0.29, 0.717) is 13.1 Å². The lowest BCUT2D eigenvalue weighted by atomic mass is 9.97. The fourth-order valence-corrected chi connectivity index (χ4v) is 5.93. The molecule has 1 fully saturated rings. The lowest BCUT2D eigenvalue weighted by Crippen LogP contribution is -2.45. The van der Waals surface area contributed by atoms with Crippen LogP contribution in [0.15, 0.2) is 17.5 Å². The van der Waals surface area contributed by atoms with Crippen molar-refractivity contribution in [3.63, 3.8) is 0 Å². The van der Waals surface area contributed by atoms with Crippen molar-refractivity contribution in [1.29, 1.82) is 0 Å². The molecule has 0 saturated carbocycles. The Morgan fingerprint density at radius 2 is 2.14 bits per heavy atom. The molecule has 1 saturated heterocycles. The van der Waals surface area contributed by atoms with Crippen LogP contribution < -0.4 is 5.32 Å². The molecular formula is C21H27N3O2S2. The highest BCUT2D eigenvalue weighted by Gasteiger charge is 2.29. The summed E-state index contributed by atoms with van der Waals surface area (Å²) in [5.74, 6) is 0.0483. The van der Waals surface area contributed by atoms with Gasteiger partial charge in [-0.3, -0.25) is 9.59 Å². The maximum atomic E-state index is 12.6. The number of aromatic nitrogens is 1. The Balaban J connectivity index is 1.21. The first kappa shape index (κ1) is 19.6. The van der Waals surface area contributed by atoms with E-state index in [1.54, 1.807) is 0 Å². The van der Waals surface area contributed by atoms with Crippen LogP contribution in [0.4, 0.5) is 0 Å². The number of amides is 2. The summed E-state index contributed by atoms with van der Waals surface area (Å²) < 4.78 is 0. The van der Waals surface area contributed by atoms with Gasteiger partial charge in [0, 0.05) is 30.9 Å². The second kappa shape index (κ2) is 9.18. The summed E-state index contributed by atoms with van der Waals surface area (Å²) in [6.45, 7) is 1.95. The Morgan fingerprint density at radius 1 is 1.25 bits per heavy atom. The van der Waals surface area contributed by atoms with E-state index < -0.39 is 0 Å². The third-order valence-corrected chi connectivity index (χ3v) is 7.64. The van der Waals surface area contributed by atoms with Gasteiger partial charge in [-0.05, 0) is 56.4 Å². The largest absolute Gasteiger partial charge is 0.356 e. The molecule has 1 aliphatic carbocycles. The van der Waals surface area contributed by atoms with Gasteiger partial charge < -0.3 is 10.2 Å². The van der Waals surface area contributed by atoms with Gasteiger partial charge in [0.05, 0.1) is 21.5 Å². The van der Waals surface area contributed by atoms with Gasteiger partial charge in [-0.25, -0.2) is 4.98 Å². The predicted molar refractivity (Wildman–Crippen MR) is 113 cm³/mol. The smallest absolute Gasteiger partial charge is 0.263 e. The number of carbonyl (C=O) groups is 2. The van der Waals surface area contributed by atoms with Crippen LogP contribution in [0.5, 0.6) is 0 Å². The highest BCUT2D eigenvalue weighted by molar-refractivity contribution is 7.12. The standard InChI is InChI=1S/C21H27N3O2S2/c25-20(15-6-4-12-24(14-15)21(26)18-9-5-13-27-18)22-11-3-10-19-23-16-7-1-2-8-17(16)28-19/h5,9,13,15H,1-4,6-8,10-12,14H2,(H,22,25). The van der Waals surface area contributed by atoms with Crippen molar-refractivity contribution in [3.05, 3.63) is 38.0 Å². The number of nitrogens with one attached hydrogen (secondary N) is 1. The molecule has 2 aromatic rings. The number of aryl methyl sites for hydroxylation is 3. The van der Waals surface area contributed by atoms with Crippen LogP contribution in [-0.4, -0.2) is 41.3 Å². The zero-order valence-corrected chi connectivity index (χ0v) is 17.7. The van der Waals surface area contributed by atoms with E-state index in [-0.39, 0.29) is 17.7 Å². The van der Waals surface area contributed by atoms with Crippen LogP contribution in [0.25, 0.3) is 0 Å². The molecule has 28 heavy (non-hydrogen) atoms. The number of hydrogen-bond acceptors (Lipinski definition) is 5. The monoisotopic (exact) mass is 417 g/mol. The van der Waals surface area contributed by atoms with Gasteiger partial charge in [0.25, 0.3) is 5.91 Å². The molecule has 0 aromatic carbocycles. The highest BCUT2D eigenvalue weighted by atomic mass is 32.1. The number of piperidine rings is 1. The van der Waals surface area contributed by atoms with E-state index in [4.69, 9.17) is 4.98 Å². The number of hydrogen-bond donors (Lipinski definition) is 1. The van der Waals surface area contributed by atoms with Gasteiger partial charge in [-0.1, -0.05) is 6.07 Å². The molecule has 2 aromatic heterocycles. The number of thiophene rings is 1. The number of fused-ring (bicyclic) bond motifs is 1. The van der Waals surface area contributed by atoms with E-state index in [1.165, 1.54) is 46.2 Å². The molecule has 4 rings (SSSR count). The van der Waals surface area contributed by atoms with Crippen LogP contribution in [0.2, 0.25) is 0 Å². The summed E-state index contributed by atoms with van der Waals surface area (Å²) in [6, 6.07) is 3.75. The second-order valence-electron chi connectivity index (χ2n) is 7.65. The second-order valence-corrected chi connectivity index (χ2v) is 9.76. The third kappa shape index (κ3) is 4.63. The minimum atomic E-state index is -0.0927. The molecule has 2 aliphatic rings. The zero-order valence-electron chi connectivity index (χ0n) is 16.1. The molecular weight excluding hydrogens is 390 g/mol. The summed E-state index contributed by atoms with van der Waals surface area (Å²) >= 11 is 3.32. The lowest BCUT2D eigenvalue weighted by Gasteiger charge is -2.31. The normalized spacial score (nSPS) is 19.3. The molecule has 2 amide bonds. The fraction of sp³-hybridized carbons (Fsp3) is 0.571. The average molecular weight is 418 g/mol. The maximum absolute atomic E-state index is 12.6.